The molecule has 11 aromatic rings. The van der Waals surface area contributed by atoms with E-state index in [2.05, 4.69) is 178 Å². The highest BCUT2D eigenvalue weighted by Gasteiger charge is 2.38. The van der Waals surface area contributed by atoms with Crippen LogP contribution >= 0.6 is 22.7 Å². The molecule has 2 nitrogen and oxygen atoms in total. The number of hydrogen-bond acceptors (Lipinski definition) is 3. The van der Waals surface area contributed by atoms with Crippen LogP contribution < -0.4 is 16.2 Å². The Kier molecular flexibility index (Phi) is 7.06. The summed E-state index contributed by atoms with van der Waals surface area (Å²) in [6, 6.07) is 51.0. The van der Waals surface area contributed by atoms with Gasteiger partial charge in [0.2, 0.25) is 0 Å². The molecule has 288 valence electrons. The quantitative estimate of drug-likeness (QED) is 0.176. The predicted molar refractivity (Wildman–Crippen MR) is 266 cm³/mol. The van der Waals surface area contributed by atoms with Gasteiger partial charge in [-0.15, -0.1) is 22.7 Å². The summed E-state index contributed by atoms with van der Waals surface area (Å²) in [5.41, 5.74) is 16.3. The van der Waals surface area contributed by atoms with Gasteiger partial charge in [0.1, 0.15) is 0 Å². The molecular formula is C55H43BN2S2. The number of rotatable bonds is 3. The van der Waals surface area contributed by atoms with Crippen LogP contribution in [-0.2, 0) is 10.8 Å². The zero-order chi connectivity index (χ0) is 40.2. The highest BCUT2D eigenvalue weighted by molar-refractivity contribution is 7.27. The molecular weight excluding hydrogens is 764 g/mol. The maximum Gasteiger partial charge on any atom is 0.198 e. The average Bonchev–Trinajstić information content (AvgIpc) is 3.92. The van der Waals surface area contributed by atoms with Crippen molar-refractivity contribution in [3.8, 4) is 16.8 Å². The molecule has 5 heteroatoms. The molecule has 1 aliphatic heterocycles. The fourth-order valence-corrected chi connectivity index (χ4v) is 13.6. The molecule has 0 fully saturated rings. The van der Waals surface area contributed by atoms with Crippen LogP contribution in [0.4, 0.5) is 11.4 Å². The molecule has 0 atom stereocenters. The first-order valence-electron chi connectivity index (χ1n) is 21.4. The van der Waals surface area contributed by atoms with E-state index < -0.39 is 0 Å². The Hall–Kier alpha value is -5.88. The molecule has 13 rings (SSSR count). The summed E-state index contributed by atoms with van der Waals surface area (Å²) in [5, 5.41) is 14.7. The molecule has 1 aliphatic carbocycles. The van der Waals surface area contributed by atoms with E-state index in [0.29, 0.717) is 0 Å². The molecule has 0 amide bonds. The molecule has 3 aromatic heterocycles. The van der Waals surface area contributed by atoms with Gasteiger partial charge in [0.15, 0.2) is 7.28 Å². The molecule has 8 aromatic carbocycles. The molecule has 1 N–H and O–H groups in total. The number of nitrogens with one attached hydrogen (secondary N) is 1. The number of thiophene rings is 2. The van der Waals surface area contributed by atoms with E-state index in [1.54, 1.807) is 0 Å². The molecule has 0 saturated heterocycles. The number of fused-ring (bicyclic) bond motifs is 14. The smallest absolute Gasteiger partial charge is 0.198 e. The third-order valence-electron chi connectivity index (χ3n) is 14.4. The van der Waals surface area contributed by atoms with Crippen molar-refractivity contribution in [1.29, 1.82) is 0 Å². The third kappa shape index (κ3) is 4.76. The zero-order valence-electron chi connectivity index (χ0n) is 34.6. The lowest BCUT2D eigenvalue weighted by atomic mass is 9.59. The van der Waals surface area contributed by atoms with Crippen LogP contribution in [0.15, 0.2) is 133 Å². The van der Waals surface area contributed by atoms with Gasteiger partial charge in [-0.05, 0) is 112 Å². The van der Waals surface area contributed by atoms with Crippen molar-refractivity contribution in [1.82, 2.24) is 4.57 Å². The summed E-state index contributed by atoms with van der Waals surface area (Å²) in [4.78, 5) is 0. The second-order valence-corrected chi connectivity index (χ2v) is 20.9. The van der Waals surface area contributed by atoms with Gasteiger partial charge in [0, 0.05) is 68.9 Å². The van der Waals surface area contributed by atoms with Gasteiger partial charge in [-0.3, -0.25) is 0 Å². The summed E-state index contributed by atoms with van der Waals surface area (Å²) in [7, 11) is 0.865. The van der Waals surface area contributed by atoms with Crippen LogP contribution in [0.1, 0.15) is 57.2 Å². The van der Waals surface area contributed by atoms with E-state index >= 15 is 0 Å². The fourth-order valence-electron chi connectivity index (χ4n) is 11.1. The molecule has 0 unspecified atom stereocenters. The Bertz CT molecular complexity index is 3690. The standard InChI is InChI=1S/C55H43BN2S2/c1-30-25-40-41(55(4,5)24-23-54(40,2)3)29-44(30)57-43-22-21-36-33-15-8-10-19-46(33)59-52(36)48(43)39-28-38-34-16-9-11-20-47(34)60-53(38)51-49(39)56-42-18-12-17-35-37-26-31-13-6-7-14-32(31)27-45(37)58(51)50(35)42/h6-22,25-29,56-57H,23-24H2,1-5H3. The number of anilines is 2. The lowest BCUT2D eigenvalue weighted by Gasteiger charge is -2.42. The Morgan fingerprint density at radius 1 is 0.567 bits per heavy atom. The van der Waals surface area contributed by atoms with E-state index in [9.17, 15) is 0 Å². The Labute approximate surface area is 358 Å². The average molecular weight is 807 g/mol. The van der Waals surface area contributed by atoms with Gasteiger partial charge in [-0.25, -0.2) is 0 Å². The lowest BCUT2D eigenvalue weighted by Crippen LogP contribution is -2.37. The molecule has 0 radical (unpaired) electrons. The normalized spacial score (nSPS) is 15.3. The van der Waals surface area contributed by atoms with Gasteiger partial charge >= 0.3 is 0 Å². The van der Waals surface area contributed by atoms with E-state index in [1.165, 1.54) is 142 Å². The third-order valence-corrected chi connectivity index (χ3v) is 16.8. The van der Waals surface area contributed by atoms with Crippen molar-refractivity contribution >= 4 is 125 Å². The van der Waals surface area contributed by atoms with E-state index in [0.717, 1.165) is 7.28 Å². The maximum absolute atomic E-state index is 4.16. The molecule has 4 heterocycles. The number of nitrogens with zero attached hydrogens (tertiary/aromatic N) is 1. The van der Waals surface area contributed by atoms with Crippen LogP contribution in [0.25, 0.3) is 89.7 Å². The topological polar surface area (TPSA) is 17.0 Å². The summed E-state index contributed by atoms with van der Waals surface area (Å²) in [6.45, 7) is 12.0. The predicted octanol–water partition coefficient (Wildman–Crippen LogP) is 14.4. The largest absolute Gasteiger partial charge is 0.355 e. The molecule has 0 bridgehead atoms. The van der Waals surface area contributed by atoms with Gasteiger partial charge in [-0.2, -0.15) is 0 Å². The van der Waals surface area contributed by atoms with Crippen LogP contribution in [0.2, 0.25) is 0 Å². The molecule has 60 heavy (non-hydrogen) atoms. The fraction of sp³-hybridized carbons (Fsp3) is 0.164. The van der Waals surface area contributed by atoms with Gasteiger partial charge in [-0.1, -0.05) is 124 Å². The first-order chi connectivity index (χ1) is 29.1. The first kappa shape index (κ1) is 34.9. The molecule has 2 aliphatic rings. The number of hydrogen-bond donors (Lipinski definition) is 1. The van der Waals surface area contributed by atoms with Crippen LogP contribution in [0.3, 0.4) is 0 Å². The monoisotopic (exact) mass is 806 g/mol. The highest BCUT2D eigenvalue weighted by atomic mass is 32.1. The van der Waals surface area contributed by atoms with Crippen molar-refractivity contribution in [2.75, 3.05) is 5.32 Å². The van der Waals surface area contributed by atoms with Crippen LogP contribution in [0, 0.1) is 6.92 Å². The van der Waals surface area contributed by atoms with E-state index in [1.807, 2.05) is 22.7 Å². The van der Waals surface area contributed by atoms with Gasteiger partial charge in [0.05, 0.1) is 15.9 Å². The first-order valence-corrected chi connectivity index (χ1v) is 23.1. The Balaban J connectivity index is 1.16. The highest BCUT2D eigenvalue weighted by Crippen LogP contribution is 2.51. The van der Waals surface area contributed by atoms with Crippen molar-refractivity contribution in [3.05, 3.63) is 150 Å². The van der Waals surface area contributed by atoms with Crippen LogP contribution in [-0.4, -0.2) is 11.8 Å². The number of para-hydroxylation sites is 1. The minimum Gasteiger partial charge on any atom is -0.355 e. The maximum atomic E-state index is 4.16. The van der Waals surface area contributed by atoms with Crippen molar-refractivity contribution in [2.24, 2.45) is 0 Å². The van der Waals surface area contributed by atoms with E-state index in [-0.39, 0.29) is 10.8 Å². The Morgan fingerprint density at radius 3 is 1.98 bits per heavy atom. The molecule has 0 spiro atoms. The summed E-state index contributed by atoms with van der Waals surface area (Å²) in [6.07, 6.45) is 2.40. The van der Waals surface area contributed by atoms with Crippen molar-refractivity contribution in [2.45, 2.75) is 58.3 Å². The van der Waals surface area contributed by atoms with Crippen molar-refractivity contribution < 1.29 is 0 Å². The van der Waals surface area contributed by atoms with E-state index in [4.69, 9.17) is 0 Å². The van der Waals surface area contributed by atoms with Crippen molar-refractivity contribution in [3.63, 3.8) is 0 Å². The number of aromatic nitrogens is 1. The minimum absolute atomic E-state index is 0.112. The minimum atomic E-state index is 0.112. The zero-order valence-corrected chi connectivity index (χ0v) is 36.2. The summed E-state index contributed by atoms with van der Waals surface area (Å²) < 4.78 is 8.02. The number of aryl methyl sites for hydroxylation is 1. The second kappa shape index (κ2) is 12.1. The van der Waals surface area contributed by atoms with Crippen LogP contribution in [0.5, 0.6) is 0 Å². The Morgan fingerprint density at radius 2 is 1.22 bits per heavy atom. The second-order valence-electron chi connectivity index (χ2n) is 18.8. The van der Waals surface area contributed by atoms with Gasteiger partial charge < -0.3 is 9.88 Å². The summed E-state index contributed by atoms with van der Waals surface area (Å²) >= 11 is 3.89. The number of benzene rings is 8. The van der Waals surface area contributed by atoms with Gasteiger partial charge in [0.25, 0.3) is 0 Å². The SMILES string of the molecule is Cc1cc2c(cc1Nc1ccc3c(sc4ccccc43)c1-c1cc3c(sc4ccccc43)c3c1Bc1cccc4c5cc6ccccc6cc5n-3c14)C(C)(C)CCC2(C)C. The molecule has 0 saturated carbocycles. The lowest BCUT2D eigenvalue weighted by molar-refractivity contribution is 0.332. The summed E-state index contributed by atoms with van der Waals surface area (Å²) in [5.74, 6) is 0.